The predicted octanol–water partition coefficient (Wildman–Crippen LogP) is 3.95. The van der Waals surface area contributed by atoms with Gasteiger partial charge < -0.3 is 14.5 Å². The smallest absolute Gasteiger partial charge is 0.255 e. The van der Waals surface area contributed by atoms with Crippen LogP contribution in [-0.4, -0.2) is 59.4 Å². The van der Waals surface area contributed by atoms with Crippen LogP contribution in [0.4, 0.5) is 4.39 Å². The molecular weight excluding hydrogens is 421 g/mol. The molecule has 1 spiro atoms. The highest BCUT2D eigenvalue weighted by molar-refractivity contribution is 5.94. The summed E-state index contributed by atoms with van der Waals surface area (Å²) in [6.07, 6.45) is 4.23. The number of nitrogens with zero attached hydrogens (tertiary/aromatic N) is 3. The Morgan fingerprint density at radius 1 is 1.24 bits per heavy atom. The summed E-state index contributed by atoms with van der Waals surface area (Å²) in [5.74, 6) is 0.692. The lowest BCUT2D eigenvalue weighted by atomic mass is 9.75. The minimum Gasteiger partial charge on any atom is -0.481 e. The Kier molecular flexibility index (Phi) is 6.68. The van der Waals surface area contributed by atoms with Crippen LogP contribution in [0.3, 0.4) is 0 Å². The summed E-state index contributed by atoms with van der Waals surface area (Å²) < 4.78 is 18.8. The van der Waals surface area contributed by atoms with E-state index in [2.05, 4.69) is 18.8 Å². The van der Waals surface area contributed by atoms with Gasteiger partial charge in [-0.1, -0.05) is 26.0 Å². The molecule has 0 aliphatic carbocycles. The second kappa shape index (κ2) is 9.49. The molecule has 2 aromatic rings. The molecule has 0 unspecified atom stereocenters. The van der Waals surface area contributed by atoms with Gasteiger partial charge in [0.15, 0.2) is 0 Å². The lowest BCUT2D eigenvalue weighted by Crippen LogP contribution is -2.47. The topological polar surface area (TPSA) is 62.7 Å². The first-order valence-corrected chi connectivity index (χ1v) is 11.7. The number of amides is 2. The molecule has 0 N–H and O–H groups in total. The molecule has 4 rings (SSSR count). The van der Waals surface area contributed by atoms with E-state index in [0.29, 0.717) is 56.3 Å². The summed E-state index contributed by atoms with van der Waals surface area (Å²) in [5, 5.41) is 0. The van der Waals surface area contributed by atoms with Crippen LogP contribution in [0.25, 0.3) is 0 Å². The van der Waals surface area contributed by atoms with Crippen LogP contribution < -0.4 is 4.74 Å². The van der Waals surface area contributed by atoms with Gasteiger partial charge in [-0.3, -0.25) is 9.59 Å². The molecule has 7 heteroatoms. The van der Waals surface area contributed by atoms with Crippen molar-refractivity contribution >= 4 is 11.8 Å². The molecule has 176 valence electrons. The van der Waals surface area contributed by atoms with Crippen LogP contribution >= 0.6 is 0 Å². The Hall–Kier alpha value is -2.96. The van der Waals surface area contributed by atoms with Crippen LogP contribution in [0.5, 0.6) is 5.88 Å². The van der Waals surface area contributed by atoms with E-state index < -0.39 is 5.41 Å². The first-order chi connectivity index (χ1) is 15.8. The van der Waals surface area contributed by atoms with Crippen molar-refractivity contribution in [3.8, 4) is 5.88 Å². The van der Waals surface area contributed by atoms with Crippen LogP contribution in [0.15, 0.2) is 42.6 Å². The molecule has 2 saturated heterocycles. The third kappa shape index (κ3) is 4.87. The molecule has 2 aliphatic rings. The number of carbonyl (C=O) groups is 2. The number of hydrogen-bond acceptors (Lipinski definition) is 4. The van der Waals surface area contributed by atoms with E-state index in [4.69, 9.17) is 4.74 Å². The van der Waals surface area contributed by atoms with E-state index in [1.54, 1.807) is 24.3 Å². The molecule has 6 nitrogen and oxygen atoms in total. The van der Waals surface area contributed by atoms with Crippen LogP contribution in [-0.2, 0) is 11.2 Å². The lowest BCUT2D eigenvalue weighted by Gasteiger charge is -2.38. The Balaban J connectivity index is 1.47. The van der Waals surface area contributed by atoms with Gasteiger partial charge in [0.1, 0.15) is 5.82 Å². The van der Waals surface area contributed by atoms with Gasteiger partial charge in [0.05, 0.1) is 18.1 Å². The fraction of sp³-hybridized carbons (Fsp3) is 0.500. The number of benzene rings is 1. The van der Waals surface area contributed by atoms with E-state index in [9.17, 15) is 14.0 Å². The molecule has 0 saturated carbocycles. The van der Waals surface area contributed by atoms with E-state index in [-0.39, 0.29) is 23.7 Å². The SMILES string of the molecule is COc1ccc(C(=O)N2CCC3(CC2)C[C@@H](Cc2cccc(F)c2)N(CC(C)C)C3=O)cn1. The van der Waals surface area contributed by atoms with Crippen LogP contribution in [0.1, 0.15) is 49.0 Å². The maximum atomic E-state index is 13.7. The van der Waals surface area contributed by atoms with Crippen LogP contribution in [0.2, 0.25) is 0 Å². The Bertz CT molecular complexity index is 1000. The molecule has 2 amide bonds. The summed E-state index contributed by atoms with van der Waals surface area (Å²) in [6, 6.07) is 10.1. The number of ether oxygens (including phenoxy) is 1. The number of likely N-dealkylation sites (tertiary alicyclic amines) is 2. The normalized spacial score (nSPS) is 20.0. The molecule has 1 aromatic heterocycles. The zero-order valence-electron chi connectivity index (χ0n) is 19.6. The second-order valence-corrected chi connectivity index (χ2v) is 9.71. The van der Waals surface area contributed by atoms with Gasteiger partial charge in [-0.15, -0.1) is 0 Å². The highest BCUT2D eigenvalue weighted by Gasteiger charge is 2.52. The number of piperidine rings is 1. The molecule has 1 aromatic carbocycles. The first-order valence-electron chi connectivity index (χ1n) is 11.7. The summed E-state index contributed by atoms with van der Waals surface area (Å²) in [4.78, 5) is 34.5. The van der Waals surface area contributed by atoms with Crippen molar-refractivity contribution in [1.29, 1.82) is 0 Å². The maximum Gasteiger partial charge on any atom is 0.255 e. The lowest BCUT2D eigenvalue weighted by molar-refractivity contribution is -0.139. The summed E-state index contributed by atoms with van der Waals surface area (Å²) in [7, 11) is 1.54. The molecule has 1 atom stereocenters. The molecule has 33 heavy (non-hydrogen) atoms. The zero-order valence-corrected chi connectivity index (χ0v) is 19.6. The Labute approximate surface area is 194 Å². The summed E-state index contributed by atoms with van der Waals surface area (Å²) >= 11 is 0. The van der Waals surface area contributed by atoms with Crippen molar-refractivity contribution < 1.29 is 18.7 Å². The van der Waals surface area contributed by atoms with Crippen molar-refractivity contribution in [1.82, 2.24) is 14.8 Å². The van der Waals surface area contributed by atoms with E-state index in [1.165, 1.54) is 19.4 Å². The van der Waals surface area contributed by atoms with Crippen LogP contribution in [0, 0.1) is 17.2 Å². The maximum absolute atomic E-state index is 13.7. The average molecular weight is 454 g/mol. The quantitative estimate of drug-likeness (QED) is 0.665. The third-order valence-corrected chi connectivity index (χ3v) is 6.90. The number of rotatable bonds is 6. The highest BCUT2D eigenvalue weighted by atomic mass is 19.1. The van der Waals surface area contributed by atoms with Crippen molar-refractivity contribution in [2.45, 2.75) is 45.6 Å². The number of methoxy groups -OCH3 is 1. The highest BCUT2D eigenvalue weighted by Crippen LogP contribution is 2.45. The monoisotopic (exact) mass is 453 g/mol. The second-order valence-electron chi connectivity index (χ2n) is 9.71. The average Bonchev–Trinajstić information content (AvgIpc) is 3.04. The molecule has 0 radical (unpaired) electrons. The molecule has 0 bridgehead atoms. The van der Waals surface area contributed by atoms with Gasteiger partial charge in [-0.25, -0.2) is 9.37 Å². The molecular formula is C26H32FN3O3. The first kappa shape index (κ1) is 23.2. The third-order valence-electron chi connectivity index (χ3n) is 6.90. The van der Waals surface area contributed by atoms with E-state index >= 15 is 0 Å². The van der Waals surface area contributed by atoms with Crippen molar-refractivity contribution in [3.63, 3.8) is 0 Å². The fourth-order valence-electron chi connectivity index (χ4n) is 5.23. The fourth-order valence-corrected chi connectivity index (χ4v) is 5.23. The van der Waals surface area contributed by atoms with Crippen molar-refractivity contribution in [2.75, 3.05) is 26.7 Å². The van der Waals surface area contributed by atoms with Gasteiger partial charge in [0.25, 0.3) is 5.91 Å². The number of halogens is 1. The van der Waals surface area contributed by atoms with Gasteiger partial charge in [-0.05, 0) is 55.4 Å². The van der Waals surface area contributed by atoms with Crippen molar-refractivity contribution in [3.05, 3.63) is 59.5 Å². The minimum atomic E-state index is -0.443. The van der Waals surface area contributed by atoms with Gasteiger partial charge >= 0.3 is 0 Å². The summed E-state index contributed by atoms with van der Waals surface area (Å²) in [6.45, 7) is 6.00. The Morgan fingerprint density at radius 3 is 2.61 bits per heavy atom. The predicted molar refractivity (Wildman–Crippen MR) is 123 cm³/mol. The number of carbonyl (C=O) groups excluding carboxylic acids is 2. The minimum absolute atomic E-state index is 0.0507. The Morgan fingerprint density at radius 2 is 2.00 bits per heavy atom. The van der Waals surface area contributed by atoms with Gasteiger partial charge in [0.2, 0.25) is 11.8 Å². The van der Waals surface area contributed by atoms with Gasteiger partial charge in [-0.2, -0.15) is 0 Å². The zero-order chi connectivity index (χ0) is 23.6. The number of pyridine rings is 1. The largest absolute Gasteiger partial charge is 0.481 e. The number of hydrogen-bond donors (Lipinski definition) is 0. The molecule has 2 aliphatic heterocycles. The standard InChI is InChI=1S/C26H32FN3O3/c1-18(2)17-30-22(14-19-5-4-6-21(27)13-19)15-26(25(30)32)9-11-29(12-10-26)24(31)20-7-8-23(33-3)28-16-20/h4-8,13,16,18,22H,9-12,14-15,17H2,1-3H3/t22-/m1/s1. The van der Waals surface area contributed by atoms with E-state index in [0.717, 1.165) is 12.0 Å². The van der Waals surface area contributed by atoms with E-state index in [1.807, 2.05) is 15.9 Å². The van der Waals surface area contributed by atoms with Gasteiger partial charge in [0, 0.05) is 37.9 Å². The summed E-state index contributed by atoms with van der Waals surface area (Å²) in [5.41, 5.74) is 0.995. The molecule has 2 fully saturated rings. The number of aromatic nitrogens is 1. The van der Waals surface area contributed by atoms with Crippen molar-refractivity contribution in [2.24, 2.45) is 11.3 Å². The molecule has 3 heterocycles.